The van der Waals surface area contributed by atoms with Crippen molar-refractivity contribution < 1.29 is 19.0 Å². The Kier molecular flexibility index (Phi) is 9.80. The molecule has 4 rings (SSSR count). The number of esters is 1. The smallest absolute Gasteiger partial charge is 0.340 e. The lowest BCUT2D eigenvalue weighted by atomic mass is 9.82. The minimum atomic E-state index is -0.867. The van der Waals surface area contributed by atoms with Gasteiger partial charge in [-0.3, -0.25) is 9.97 Å². The van der Waals surface area contributed by atoms with E-state index in [0.717, 1.165) is 66.1 Å². The average molecular weight is 546 g/mol. The summed E-state index contributed by atoms with van der Waals surface area (Å²) in [4.78, 5) is 25.3. The lowest BCUT2D eigenvalue weighted by molar-refractivity contribution is -0.161. The van der Waals surface area contributed by atoms with Crippen LogP contribution in [0.15, 0.2) is 54.9 Å². The Labute approximate surface area is 238 Å². The van der Waals surface area contributed by atoms with Crippen LogP contribution in [-0.2, 0) is 20.9 Å². The Bertz CT molecular complexity index is 1250. The molecule has 0 spiro atoms. The third-order valence-corrected chi connectivity index (χ3v) is 7.30. The molecule has 0 amide bonds. The third-order valence-electron chi connectivity index (χ3n) is 7.30. The highest BCUT2D eigenvalue weighted by Gasteiger charge is 2.35. The van der Waals surface area contributed by atoms with E-state index >= 15 is 0 Å². The van der Waals surface area contributed by atoms with Gasteiger partial charge in [-0.05, 0) is 63.1 Å². The number of anilines is 1. The highest BCUT2D eigenvalue weighted by molar-refractivity contribution is 5.86. The molecule has 1 aliphatic rings. The van der Waals surface area contributed by atoms with Crippen LogP contribution in [0.2, 0.25) is 0 Å². The van der Waals surface area contributed by atoms with E-state index < -0.39 is 6.10 Å². The molecule has 0 N–H and O–H groups in total. The molecule has 40 heavy (non-hydrogen) atoms. The molecule has 0 radical (unpaired) electrons. The quantitative estimate of drug-likeness (QED) is 0.238. The van der Waals surface area contributed by atoms with Crippen molar-refractivity contribution in [2.45, 2.75) is 79.6 Å². The first kappa shape index (κ1) is 29.5. The second kappa shape index (κ2) is 13.3. The van der Waals surface area contributed by atoms with E-state index in [1.54, 1.807) is 6.20 Å². The number of nitrogens with zero attached hydrogens (tertiary/aromatic N) is 3. The molecule has 7 nitrogen and oxygen atoms in total. The van der Waals surface area contributed by atoms with Crippen molar-refractivity contribution in [1.82, 2.24) is 9.97 Å². The van der Waals surface area contributed by atoms with Crippen LogP contribution in [0.25, 0.3) is 11.3 Å². The van der Waals surface area contributed by atoms with E-state index in [2.05, 4.69) is 18.7 Å². The Morgan fingerprint density at radius 3 is 2.38 bits per heavy atom. The SMILES string of the molecule is CCCO[C@H](C(=O)OC(C)C)c1c(C)ncc(-c2ccc(OCc3ccccc3)cn2)c1N1CCC(C)(C)CC1. The first-order valence-corrected chi connectivity index (χ1v) is 14.4. The van der Waals surface area contributed by atoms with Gasteiger partial charge in [0.1, 0.15) is 12.4 Å². The van der Waals surface area contributed by atoms with Gasteiger partial charge in [0, 0.05) is 42.7 Å². The maximum atomic E-state index is 13.4. The standard InChI is InChI=1S/C33H43N3O4/c1-7-19-38-31(32(37)40-23(2)3)29-24(4)34-21-27(30(29)36-17-15-33(5,6)16-18-36)28-14-13-26(20-35-28)39-22-25-11-9-8-10-12-25/h8-14,20-21,23,31H,7,15-19,22H2,1-6H3/t31-/m0/s1. The number of carbonyl (C=O) groups excluding carboxylic acids is 1. The number of aromatic nitrogens is 2. The van der Waals surface area contributed by atoms with Crippen molar-refractivity contribution in [3.63, 3.8) is 0 Å². The summed E-state index contributed by atoms with van der Waals surface area (Å²) < 4.78 is 17.8. The molecule has 1 saturated heterocycles. The monoisotopic (exact) mass is 545 g/mol. The van der Waals surface area contributed by atoms with E-state index in [9.17, 15) is 4.79 Å². The van der Waals surface area contributed by atoms with E-state index in [1.165, 1.54) is 0 Å². The molecule has 0 aliphatic carbocycles. The molecule has 2 aromatic heterocycles. The highest BCUT2D eigenvalue weighted by Crippen LogP contribution is 2.42. The van der Waals surface area contributed by atoms with Gasteiger partial charge in [-0.1, -0.05) is 51.1 Å². The Morgan fingerprint density at radius 2 is 1.75 bits per heavy atom. The highest BCUT2D eigenvalue weighted by atomic mass is 16.6. The summed E-state index contributed by atoms with van der Waals surface area (Å²) in [5.74, 6) is 0.306. The second-order valence-corrected chi connectivity index (χ2v) is 11.6. The molecule has 0 unspecified atom stereocenters. The van der Waals surface area contributed by atoms with Gasteiger partial charge >= 0.3 is 5.97 Å². The normalized spacial score (nSPS) is 15.6. The van der Waals surface area contributed by atoms with Crippen LogP contribution >= 0.6 is 0 Å². The number of pyridine rings is 2. The zero-order chi connectivity index (χ0) is 28.7. The van der Waals surface area contributed by atoms with Crippen LogP contribution in [0.3, 0.4) is 0 Å². The van der Waals surface area contributed by atoms with Crippen LogP contribution in [0.5, 0.6) is 5.75 Å². The van der Waals surface area contributed by atoms with Crippen LogP contribution in [0.4, 0.5) is 5.69 Å². The summed E-state index contributed by atoms with van der Waals surface area (Å²) in [6, 6.07) is 14.0. The number of hydrogen-bond acceptors (Lipinski definition) is 7. The molecule has 7 heteroatoms. The number of benzene rings is 1. The second-order valence-electron chi connectivity index (χ2n) is 11.6. The molecule has 3 aromatic rings. The summed E-state index contributed by atoms with van der Waals surface area (Å²) in [6.07, 6.45) is 5.38. The lowest BCUT2D eigenvalue weighted by Crippen LogP contribution is -2.39. The lowest BCUT2D eigenvalue weighted by Gasteiger charge is -2.40. The maximum absolute atomic E-state index is 13.4. The minimum absolute atomic E-state index is 0.249. The van der Waals surface area contributed by atoms with E-state index in [4.69, 9.17) is 24.2 Å². The fourth-order valence-electron chi connectivity index (χ4n) is 4.95. The van der Waals surface area contributed by atoms with E-state index in [-0.39, 0.29) is 17.5 Å². The van der Waals surface area contributed by atoms with Gasteiger partial charge in [0.2, 0.25) is 0 Å². The summed E-state index contributed by atoms with van der Waals surface area (Å²) in [5.41, 5.74) is 5.49. The molecular formula is C33H43N3O4. The predicted octanol–water partition coefficient (Wildman–Crippen LogP) is 7.08. The number of aryl methyl sites for hydroxylation is 1. The summed E-state index contributed by atoms with van der Waals surface area (Å²) in [7, 11) is 0. The van der Waals surface area contributed by atoms with Crippen LogP contribution in [0.1, 0.15) is 76.8 Å². The number of rotatable bonds is 11. The van der Waals surface area contributed by atoms with E-state index in [1.807, 2.05) is 76.4 Å². The number of hydrogen-bond donors (Lipinski definition) is 0. The molecule has 214 valence electrons. The van der Waals surface area contributed by atoms with Crippen LogP contribution in [-0.4, -0.2) is 41.7 Å². The molecule has 1 fully saturated rings. The summed E-state index contributed by atoms with van der Waals surface area (Å²) in [6.45, 7) is 15.0. The first-order valence-electron chi connectivity index (χ1n) is 14.4. The predicted molar refractivity (Wildman–Crippen MR) is 158 cm³/mol. The zero-order valence-corrected chi connectivity index (χ0v) is 24.8. The average Bonchev–Trinajstić information content (AvgIpc) is 2.93. The molecule has 1 atom stereocenters. The first-order chi connectivity index (χ1) is 19.2. The van der Waals surface area contributed by atoms with Gasteiger partial charge in [0.05, 0.1) is 23.7 Å². The summed E-state index contributed by atoms with van der Waals surface area (Å²) in [5, 5.41) is 0. The molecule has 0 saturated carbocycles. The molecule has 3 heterocycles. The van der Waals surface area contributed by atoms with Crippen molar-refractivity contribution in [2.24, 2.45) is 5.41 Å². The van der Waals surface area contributed by atoms with Gasteiger partial charge in [-0.25, -0.2) is 4.79 Å². The Hall–Kier alpha value is -3.45. The Morgan fingerprint density at radius 1 is 1.02 bits per heavy atom. The fourth-order valence-corrected chi connectivity index (χ4v) is 4.95. The van der Waals surface area contributed by atoms with Gasteiger partial charge in [-0.15, -0.1) is 0 Å². The van der Waals surface area contributed by atoms with Crippen molar-refractivity contribution in [3.8, 4) is 17.0 Å². The van der Waals surface area contributed by atoms with E-state index in [0.29, 0.717) is 19.0 Å². The van der Waals surface area contributed by atoms with Gasteiger partial charge < -0.3 is 19.1 Å². The van der Waals surface area contributed by atoms with Gasteiger partial charge in [0.15, 0.2) is 6.10 Å². The number of carbonyl (C=O) groups is 1. The molecular weight excluding hydrogens is 502 g/mol. The largest absolute Gasteiger partial charge is 0.487 e. The van der Waals surface area contributed by atoms with Crippen LogP contribution < -0.4 is 9.64 Å². The Balaban J connectivity index is 1.74. The van der Waals surface area contributed by atoms with Gasteiger partial charge in [-0.2, -0.15) is 0 Å². The molecule has 1 aliphatic heterocycles. The topological polar surface area (TPSA) is 73.8 Å². The van der Waals surface area contributed by atoms with Crippen molar-refractivity contribution >= 4 is 11.7 Å². The van der Waals surface area contributed by atoms with Crippen molar-refractivity contribution in [2.75, 3.05) is 24.6 Å². The molecule has 1 aromatic carbocycles. The zero-order valence-electron chi connectivity index (χ0n) is 24.8. The van der Waals surface area contributed by atoms with Crippen molar-refractivity contribution in [1.29, 1.82) is 0 Å². The number of piperidine rings is 1. The third kappa shape index (κ3) is 7.39. The van der Waals surface area contributed by atoms with Crippen molar-refractivity contribution in [3.05, 3.63) is 71.7 Å². The summed E-state index contributed by atoms with van der Waals surface area (Å²) >= 11 is 0. The number of ether oxygens (including phenoxy) is 3. The van der Waals surface area contributed by atoms with Gasteiger partial charge in [0.25, 0.3) is 0 Å². The van der Waals surface area contributed by atoms with Crippen LogP contribution in [0, 0.1) is 12.3 Å². The maximum Gasteiger partial charge on any atom is 0.340 e. The minimum Gasteiger partial charge on any atom is -0.487 e. The molecule has 0 bridgehead atoms. The fraction of sp³-hybridized carbons (Fsp3) is 0.485.